The molecular weight excluding hydrogens is 446 g/mol. The Morgan fingerprint density at radius 3 is 1.81 bits per heavy atom. The molecule has 0 aliphatic carbocycles. The van der Waals surface area contributed by atoms with Gasteiger partial charge in [0.2, 0.25) is 0 Å². The summed E-state index contributed by atoms with van der Waals surface area (Å²) in [7, 11) is -8.22. The number of hydrogen-bond acceptors (Lipinski definition) is 7. The summed E-state index contributed by atoms with van der Waals surface area (Å²) >= 11 is 0. The van der Waals surface area contributed by atoms with Gasteiger partial charge in [-0.3, -0.25) is 19.6 Å². The minimum atomic E-state index is -4.17. The van der Waals surface area contributed by atoms with Crippen LogP contribution in [0.2, 0.25) is 0 Å². The van der Waals surface area contributed by atoms with Crippen LogP contribution in [-0.2, 0) is 20.0 Å². The molecule has 0 aliphatic heterocycles. The van der Waals surface area contributed by atoms with Crippen molar-refractivity contribution in [2.24, 2.45) is 0 Å². The summed E-state index contributed by atoms with van der Waals surface area (Å²) < 4.78 is 53.8. The van der Waals surface area contributed by atoms with Crippen LogP contribution in [0.15, 0.2) is 88.7 Å². The van der Waals surface area contributed by atoms with Crippen molar-refractivity contribution in [3.63, 3.8) is 0 Å². The van der Waals surface area contributed by atoms with Crippen LogP contribution in [0.5, 0.6) is 0 Å². The van der Waals surface area contributed by atoms with E-state index in [0.717, 1.165) is 36.4 Å². The lowest BCUT2D eigenvalue weighted by Gasteiger charge is -2.10. The molecule has 0 heterocycles. The highest BCUT2D eigenvalue weighted by atomic mass is 32.2. The largest absolute Gasteiger partial charge is 0.280 e. The van der Waals surface area contributed by atoms with E-state index in [-0.39, 0.29) is 26.7 Å². The molecule has 0 fully saturated rings. The SMILES string of the molecule is O=C(NS(=O)(=O)c1ccc(NS(=O)(=O)c2ccc([N+](=O)[O-])cc2)cc1)c1ccccc1. The van der Waals surface area contributed by atoms with E-state index in [1.165, 1.54) is 24.3 Å². The van der Waals surface area contributed by atoms with E-state index >= 15 is 0 Å². The van der Waals surface area contributed by atoms with Gasteiger partial charge in [-0.2, -0.15) is 0 Å². The fourth-order valence-electron chi connectivity index (χ4n) is 2.49. The predicted molar refractivity (Wildman–Crippen MR) is 111 cm³/mol. The van der Waals surface area contributed by atoms with Crippen LogP contribution in [0.1, 0.15) is 10.4 Å². The van der Waals surface area contributed by atoms with Crippen molar-refractivity contribution in [3.8, 4) is 0 Å². The lowest BCUT2D eigenvalue weighted by molar-refractivity contribution is -0.384. The van der Waals surface area contributed by atoms with Gasteiger partial charge in [-0.15, -0.1) is 0 Å². The Balaban J connectivity index is 1.74. The molecule has 0 radical (unpaired) electrons. The van der Waals surface area contributed by atoms with Crippen molar-refractivity contribution in [1.82, 2.24) is 4.72 Å². The maximum Gasteiger partial charge on any atom is 0.269 e. The number of amides is 1. The van der Waals surface area contributed by atoms with E-state index in [4.69, 9.17) is 0 Å². The number of nitro groups is 1. The second kappa shape index (κ2) is 8.53. The third kappa shape index (κ3) is 5.24. The lowest BCUT2D eigenvalue weighted by atomic mass is 10.2. The molecule has 2 N–H and O–H groups in total. The number of benzene rings is 3. The molecule has 3 rings (SSSR count). The third-order valence-corrected chi connectivity index (χ3v) is 6.78. The minimum absolute atomic E-state index is 0.0617. The molecule has 0 aromatic heterocycles. The van der Waals surface area contributed by atoms with Crippen LogP contribution in [-0.4, -0.2) is 27.7 Å². The van der Waals surface area contributed by atoms with Crippen molar-refractivity contribution < 1.29 is 26.6 Å². The molecule has 12 heteroatoms. The highest BCUT2D eigenvalue weighted by Crippen LogP contribution is 2.20. The maximum absolute atomic E-state index is 12.4. The van der Waals surface area contributed by atoms with E-state index in [1.807, 2.05) is 4.72 Å². The van der Waals surface area contributed by atoms with Crippen molar-refractivity contribution in [1.29, 1.82) is 0 Å². The number of nitrogens with one attached hydrogen (secondary N) is 2. The van der Waals surface area contributed by atoms with Crippen LogP contribution in [0.4, 0.5) is 11.4 Å². The molecule has 0 bridgehead atoms. The van der Waals surface area contributed by atoms with Crippen molar-refractivity contribution in [2.75, 3.05) is 4.72 Å². The Morgan fingerprint density at radius 2 is 1.26 bits per heavy atom. The third-order valence-electron chi connectivity index (χ3n) is 4.04. The van der Waals surface area contributed by atoms with Gasteiger partial charge >= 0.3 is 0 Å². The van der Waals surface area contributed by atoms with Crippen LogP contribution in [0.25, 0.3) is 0 Å². The second-order valence-electron chi connectivity index (χ2n) is 6.18. The Labute approximate surface area is 177 Å². The molecule has 0 saturated heterocycles. The topological polar surface area (TPSA) is 153 Å². The van der Waals surface area contributed by atoms with Crippen LogP contribution >= 0.6 is 0 Å². The van der Waals surface area contributed by atoms with Gasteiger partial charge in [-0.05, 0) is 48.5 Å². The average molecular weight is 461 g/mol. The number of rotatable bonds is 7. The summed E-state index contributed by atoms with van der Waals surface area (Å²) in [6.07, 6.45) is 0. The quantitative estimate of drug-likeness (QED) is 0.405. The standard InChI is InChI=1S/C19H15N3O7S2/c23-19(14-4-2-1-3-5-14)21-31(28,29)17-10-6-15(7-11-17)20-30(26,27)18-12-8-16(9-13-18)22(24)25/h1-13,20H,(H,21,23). The maximum atomic E-state index is 12.4. The average Bonchev–Trinajstić information content (AvgIpc) is 2.74. The van der Waals surface area contributed by atoms with Gasteiger partial charge < -0.3 is 0 Å². The number of non-ortho nitro benzene ring substituents is 1. The fourth-order valence-corrected chi connectivity index (χ4v) is 4.53. The fraction of sp³-hybridized carbons (Fsp3) is 0. The van der Waals surface area contributed by atoms with E-state index in [9.17, 15) is 31.7 Å². The van der Waals surface area contributed by atoms with Gasteiger partial charge in [0.15, 0.2) is 0 Å². The molecule has 10 nitrogen and oxygen atoms in total. The first-order valence-electron chi connectivity index (χ1n) is 8.58. The monoisotopic (exact) mass is 461 g/mol. The van der Waals surface area contributed by atoms with Gasteiger partial charge in [0.25, 0.3) is 31.6 Å². The first kappa shape index (κ1) is 21.9. The summed E-state index contributed by atoms with van der Waals surface area (Å²) in [5.41, 5.74) is -0.0312. The Morgan fingerprint density at radius 1 is 0.742 bits per heavy atom. The van der Waals surface area contributed by atoms with Crippen molar-refractivity contribution in [3.05, 3.63) is 94.5 Å². The predicted octanol–water partition coefficient (Wildman–Crippen LogP) is 2.51. The van der Waals surface area contributed by atoms with Crippen LogP contribution in [0, 0.1) is 10.1 Å². The van der Waals surface area contributed by atoms with Gasteiger partial charge in [0, 0.05) is 23.4 Å². The van der Waals surface area contributed by atoms with E-state index in [1.54, 1.807) is 18.2 Å². The highest BCUT2D eigenvalue weighted by molar-refractivity contribution is 7.92. The number of sulfonamides is 2. The first-order chi connectivity index (χ1) is 14.6. The van der Waals surface area contributed by atoms with Crippen molar-refractivity contribution >= 4 is 37.3 Å². The summed E-state index contributed by atoms with van der Waals surface area (Å²) in [6, 6.07) is 16.7. The summed E-state index contributed by atoms with van der Waals surface area (Å²) in [5.74, 6) is -0.802. The number of nitro benzene ring substituents is 1. The van der Waals surface area contributed by atoms with Crippen molar-refractivity contribution in [2.45, 2.75) is 9.79 Å². The first-order valence-corrected chi connectivity index (χ1v) is 11.5. The molecule has 160 valence electrons. The molecule has 0 spiro atoms. The minimum Gasteiger partial charge on any atom is -0.280 e. The van der Waals surface area contributed by atoms with Gasteiger partial charge in [0.1, 0.15) is 0 Å². The molecule has 1 amide bonds. The van der Waals surface area contributed by atoms with Gasteiger partial charge in [-0.25, -0.2) is 21.6 Å². The van der Waals surface area contributed by atoms with E-state index in [2.05, 4.69) is 4.72 Å². The molecule has 3 aromatic carbocycles. The number of carbonyl (C=O) groups is 1. The normalized spacial score (nSPS) is 11.5. The molecule has 31 heavy (non-hydrogen) atoms. The number of carbonyl (C=O) groups excluding carboxylic acids is 1. The van der Waals surface area contributed by atoms with Crippen LogP contribution in [0.3, 0.4) is 0 Å². The number of nitrogens with zero attached hydrogens (tertiary/aromatic N) is 1. The molecule has 0 atom stereocenters. The van der Waals surface area contributed by atoms with E-state index in [0.29, 0.717) is 0 Å². The van der Waals surface area contributed by atoms with E-state index < -0.39 is 30.9 Å². The molecule has 0 unspecified atom stereocenters. The summed E-state index contributed by atoms with van der Waals surface area (Å²) in [4.78, 5) is 21.7. The molecule has 0 saturated carbocycles. The Hall–Kier alpha value is -3.77. The number of hydrogen-bond donors (Lipinski definition) is 2. The Kier molecular flexibility index (Phi) is 6.04. The Bertz CT molecular complexity index is 1320. The zero-order valence-electron chi connectivity index (χ0n) is 15.6. The zero-order valence-corrected chi connectivity index (χ0v) is 17.3. The van der Waals surface area contributed by atoms with Gasteiger partial charge in [-0.1, -0.05) is 18.2 Å². The lowest BCUT2D eigenvalue weighted by Crippen LogP contribution is -2.30. The second-order valence-corrected chi connectivity index (χ2v) is 9.55. The molecular formula is C19H15N3O7S2. The smallest absolute Gasteiger partial charge is 0.269 e. The van der Waals surface area contributed by atoms with Crippen LogP contribution < -0.4 is 9.44 Å². The number of anilines is 1. The summed E-state index contributed by atoms with van der Waals surface area (Å²) in [6.45, 7) is 0. The summed E-state index contributed by atoms with van der Waals surface area (Å²) in [5, 5.41) is 10.7. The zero-order chi connectivity index (χ0) is 22.6. The molecule has 3 aromatic rings. The molecule has 0 aliphatic rings. The highest BCUT2D eigenvalue weighted by Gasteiger charge is 2.20. The van der Waals surface area contributed by atoms with Gasteiger partial charge in [0.05, 0.1) is 14.7 Å².